The van der Waals surface area contributed by atoms with Gasteiger partial charge in [-0.3, -0.25) is 9.97 Å². The van der Waals surface area contributed by atoms with Gasteiger partial charge >= 0.3 is 0 Å². The number of hydrogen-bond acceptors (Lipinski definition) is 8. The molecule has 67 heavy (non-hydrogen) atoms. The van der Waals surface area contributed by atoms with Crippen LogP contribution in [0.2, 0.25) is 0 Å². The quantitative estimate of drug-likeness (QED) is 0.134. The zero-order chi connectivity index (χ0) is 44.9. The van der Waals surface area contributed by atoms with Crippen LogP contribution >= 0.6 is 0 Å². The fourth-order valence-corrected chi connectivity index (χ4v) is 8.22. The topological polar surface area (TPSA) is 103 Å². The summed E-state index contributed by atoms with van der Waals surface area (Å²) < 4.78 is 0. The fraction of sp³-hybridized carbons (Fsp3) is 0.0169. The van der Waals surface area contributed by atoms with Gasteiger partial charge in [0.05, 0.1) is 5.69 Å². The van der Waals surface area contributed by atoms with Crippen LogP contribution in [0.4, 0.5) is 0 Å². The van der Waals surface area contributed by atoms with E-state index in [1.54, 1.807) is 6.20 Å². The highest BCUT2D eigenvalue weighted by molar-refractivity contribution is 5.88. The highest BCUT2D eigenvalue weighted by Gasteiger charge is 2.19. The molecule has 8 heteroatoms. The highest BCUT2D eigenvalue weighted by atomic mass is 15.0. The Morgan fingerprint density at radius 1 is 0.254 bits per heavy atom. The summed E-state index contributed by atoms with van der Waals surface area (Å²) in [6.07, 6.45) is 3.65. The summed E-state index contributed by atoms with van der Waals surface area (Å²) in [5.41, 5.74) is 14.1. The third kappa shape index (κ3) is 8.75. The van der Waals surface area contributed by atoms with E-state index in [1.807, 2.05) is 134 Å². The van der Waals surface area contributed by atoms with Crippen LogP contribution in [0.15, 0.2) is 225 Å². The summed E-state index contributed by atoms with van der Waals surface area (Å²) in [7, 11) is 0. The third-order valence-electron chi connectivity index (χ3n) is 11.5. The molecule has 0 aliphatic carbocycles. The molecular formula is C59H40N8. The Morgan fingerprint density at radius 2 is 0.657 bits per heavy atom. The number of nitrogens with zero attached hydrogens (tertiary/aromatic N) is 8. The van der Waals surface area contributed by atoms with Crippen LogP contribution in [-0.2, 0) is 0 Å². The summed E-state index contributed by atoms with van der Waals surface area (Å²) >= 11 is 0. The molecule has 316 valence electrons. The van der Waals surface area contributed by atoms with Gasteiger partial charge in [-0.25, -0.2) is 29.9 Å². The maximum atomic E-state index is 5.23. The van der Waals surface area contributed by atoms with Gasteiger partial charge in [-0.05, 0) is 83.3 Å². The van der Waals surface area contributed by atoms with E-state index < -0.39 is 0 Å². The summed E-state index contributed by atoms with van der Waals surface area (Å²) in [6, 6.07) is 71.9. The van der Waals surface area contributed by atoms with Gasteiger partial charge in [0, 0.05) is 62.6 Å². The number of pyridine rings is 2. The lowest BCUT2D eigenvalue weighted by molar-refractivity contribution is 1.07. The van der Waals surface area contributed by atoms with Crippen molar-refractivity contribution < 1.29 is 0 Å². The Balaban J connectivity index is 1.06. The number of rotatable bonds is 10. The van der Waals surface area contributed by atoms with Crippen molar-refractivity contribution >= 4 is 0 Å². The second-order valence-electron chi connectivity index (χ2n) is 16.1. The molecule has 0 saturated carbocycles. The molecule has 7 aromatic carbocycles. The molecule has 11 rings (SSSR count). The Labute approximate surface area is 388 Å². The van der Waals surface area contributed by atoms with Crippen molar-refractivity contribution in [2.75, 3.05) is 0 Å². The molecule has 0 unspecified atom stereocenters. The first-order valence-electron chi connectivity index (χ1n) is 22.1. The molecule has 0 amide bonds. The van der Waals surface area contributed by atoms with Gasteiger partial charge in [-0.1, -0.05) is 164 Å². The predicted octanol–water partition coefficient (Wildman–Crippen LogP) is 13.8. The van der Waals surface area contributed by atoms with Gasteiger partial charge in [0.1, 0.15) is 0 Å². The molecule has 4 heterocycles. The molecule has 8 nitrogen and oxygen atoms in total. The SMILES string of the molecule is Cc1cccc(-c2cc(-c3cccc(-c4nc(-c5ccccc5)nc(-c5ccccc5)n4)c3)cc(-c3ccccc3-c3nc(-c4ccccc4)nc(-c4cccc(-c5cccnc5)c4)n3)c2)n1. The molecule has 0 spiro atoms. The molecule has 0 N–H and O–H groups in total. The van der Waals surface area contributed by atoms with E-state index in [4.69, 9.17) is 34.9 Å². The monoisotopic (exact) mass is 860 g/mol. The predicted molar refractivity (Wildman–Crippen MR) is 268 cm³/mol. The lowest BCUT2D eigenvalue weighted by Crippen LogP contribution is -2.01. The van der Waals surface area contributed by atoms with E-state index in [1.165, 1.54) is 0 Å². The van der Waals surface area contributed by atoms with Crippen molar-refractivity contribution in [3.8, 4) is 113 Å². The molecule has 4 aromatic heterocycles. The maximum Gasteiger partial charge on any atom is 0.164 e. The first-order valence-corrected chi connectivity index (χ1v) is 22.1. The minimum atomic E-state index is 0.562. The van der Waals surface area contributed by atoms with Crippen LogP contribution < -0.4 is 0 Å². The molecule has 0 radical (unpaired) electrons. The molecule has 0 saturated heterocycles. The van der Waals surface area contributed by atoms with Crippen LogP contribution in [0.3, 0.4) is 0 Å². The van der Waals surface area contributed by atoms with Crippen molar-refractivity contribution in [2.24, 2.45) is 0 Å². The van der Waals surface area contributed by atoms with E-state index in [0.29, 0.717) is 34.9 Å². The zero-order valence-electron chi connectivity index (χ0n) is 36.4. The smallest absolute Gasteiger partial charge is 0.164 e. The van der Waals surface area contributed by atoms with Gasteiger partial charge < -0.3 is 0 Å². The van der Waals surface area contributed by atoms with E-state index >= 15 is 0 Å². The van der Waals surface area contributed by atoms with E-state index in [9.17, 15) is 0 Å². The summed E-state index contributed by atoms with van der Waals surface area (Å²) in [5.74, 6) is 3.53. The minimum absolute atomic E-state index is 0.562. The number of hydrogen-bond donors (Lipinski definition) is 0. The van der Waals surface area contributed by atoms with E-state index in [-0.39, 0.29) is 0 Å². The second-order valence-corrected chi connectivity index (χ2v) is 16.1. The minimum Gasteiger partial charge on any atom is -0.264 e. The Bertz CT molecular complexity index is 3470. The molecule has 0 aliphatic heterocycles. The highest BCUT2D eigenvalue weighted by Crippen LogP contribution is 2.38. The Morgan fingerprint density at radius 3 is 1.19 bits per heavy atom. The second kappa shape index (κ2) is 18.2. The molecule has 0 bridgehead atoms. The average Bonchev–Trinajstić information content (AvgIpc) is 3.41. The summed E-state index contributed by atoms with van der Waals surface area (Å²) in [5, 5.41) is 0. The summed E-state index contributed by atoms with van der Waals surface area (Å²) in [6.45, 7) is 2.02. The van der Waals surface area contributed by atoms with Crippen molar-refractivity contribution in [1.29, 1.82) is 0 Å². The van der Waals surface area contributed by atoms with Gasteiger partial charge in [0.25, 0.3) is 0 Å². The largest absolute Gasteiger partial charge is 0.264 e. The van der Waals surface area contributed by atoms with Crippen LogP contribution in [0.25, 0.3) is 113 Å². The fourth-order valence-electron chi connectivity index (χ4n) is 8.22. The van der Waals surface area contributed by atoms with Gasteiger partial charge in [-0.15, -0.1) is 0 Å². The summed E-state index contributed by atoms with van der Waals surface area (Å²) in [4.78, 5) is 39.8. The molecular weight excluding hydrogens is 821 g/mol. The lowest BCUT2D eigenvalue weighted by atomic mass is 9.92. The Hall–Kier alpha value is -9.14. The standard InChI is InChI=1S/C59H40N8/c1-39-17-13-31-53(61-39)50-36-48(44-25-15-27-46(34-44)57-63-54(40-18-5-2-6-19-40)62-55(64-57)41-20-7-3-8-21-41)35-49(37-50)51-29-11-12-30-52(51)59-66-56(42-22-9-4-10-23-42)65-58(67-59)45-26-14-24-43(33-45)47-28-16-32-60-38-47/h2-38H,1H3. The Kier molecular flexibility index (Phi) is 11.0. The molecule has 0 aliphatic rings. The molecule has 11 aromatic rings. The first-order chi connectivity index (χ1) is 33.1. The molecule has 0 fully saturated rings. The van der Waals surface area contributed by atoms with E-state index in [0.717, 1.165) is 83.7 Å². The molecule has 0 atom stereocenters. The normalized spacial score (nSPS) is 11.1. The number of benzene rings is 7. The lowest BCUT2D eigenvalue weighted by Gasteiger charge is -2.15. The maximum absolute atomic E-state index is 5.23. The van der Waals surface area contributed by atoms with Crippen molar-refractivity contribution in [1.82, 2.24) is 39.9 Å². The number of aryl methyl sites for hydroxylation is 1. The van der Waals surface area contributed by atoms with Crippen molar-refractivity contribution in [3.05, 3.63) is 230 Å². The van der Waals surface area contributed by atoms with Crippen LogP contribution in [0.1, 0.15) is 5.69 Å². The van der Waals surface area contributed by atoms with Crippen LogP contribution in [-0.4, -0.2) is 39.9 Å². The number of aromatic nitrogens is 8. The third-order valence-corrected chi connectivity index (χ3v) is 11.5. The van der Waals surface area contributed by atoms with Gasteiger partial charge in [-0.2, -0.15) is 0 Å². The first kappa shape index (κ1) is 40.6. The van der Waals surface area contributed by atoms with Crippen molar-refractivity contribution in [3.63, 3.8) is 0 Å². The van der Waals surface area contributed by atoms with Crippen molar-refractivity contribution in [2.45, 2.75) is 6.92 Å². The average molecular weight is 861 g/mol. The van der Waals surface area contributed by atoms with Gasteiger partial charge in [0.2, 0.25) is 0 Å². The van der Waals surface area contributed by atoms with Gasteiger partial charge in [0.15, 0.2) is 34.9 Å². The van der Waals surface area contributed by atoms with Crippen LogP contribution in [0.5, 0.6) is 0 Å². The zero-order valence-corrected chi connectivity index (χ0v) is 36.4. The van der Waals surface area contributed by atoms with Crippen LogP contribution in [0, 0.1) is 6.92 Å². The van der Waals surface area contributed by atoms with E-state index in [2.05, 4.69) is 96.0 Å².